The highest BCUT2D eigenvalue weighted by molar-refractivity contribution is 5.81. The van der Waals surface area contributed by atoms with Crippen LogP contribution >= 0.6 is 0 Å². The molecule has 0 aliphatic carbocycles. The fraction of sp³-hybridized carbons (Fsp3) is 0.533. The van der Waals surface area contributed by atoms with Gasteiger partial charge in [-0.15, -0.1) is 0 Å². The zero-order chi connectivity index (χ0) is 14.4. The molecule has 0 aliphatic rings. The molecule has 1 amide bonds. The van der Waals surface area contributed by atoms with Gasteiger partial charge < -0.3 is 16.8 Å². The van der Waals surface area contributed by atoms with Crippen molar-refractivity contribution in [2.24, 2.45) is 11.5 Å². The van der Waals surface area contributed by atoms with Crippen LogP contribution in [-0.4, -0.2) is 18.5 Å². The molecule has 0 heterocycles. The van der Waals surface area contributed by atoms with Crippen molar-refractivity contribution in [3.05, 3.63) is 35.4 Å². The lowest BCUT2D eigenvalue weighted by Gasteiger charge is -2.16. The Morgan fingerprint density at radius 2 is 1.68 bits per heavy atom. The van der Waals surface area contributed by atoms with Gasteiger partial charge in [-0.05, 0) is 23.5 Å². The zero-order valence-electron chi connectivity index (χ0n) is 12.0. The van der Waals surface area contributed by atoms with E-state index in [0.717, 1.165) is 5.56 Å². The topological polar surface area (TPSA) is 81.1 Å². The van der Waals surface area contributed by atoms with Gasteiger partial charge in [0.05, 0.1) is 6.04 Å². The second-order valence-electron chi connectivity index (χ2n) is 5.19. The van der Waals surface area contributed by atoms with E-state index in [1.807, 2.05) is 19.1 Å². The highest BCUT2D eigenvalue weighted by Crippen LogP contribution is 2.17. The number of nitrogens with one attached hydrogen (secondary N) is 1. The lowest BCUT2D eigenvalue weighted by atomic mass is 9.99. The third-order valence-corrected chi connectivity index (χ3v) is 3.30. The van der Waals surface area contributed by atoms with Crippen LogP contribution in [0.3, 0.4) is 0 Å². The van der Waals surface area contributed by atoms with E-state index in [2.05, 4.69) is 31.3 Å². The van der Waals surface area contributed by atoms with Gasteiger partial charge in [0, 0.05) is 12.6 Å². The van der Waals surface area contributed by atoms with Gasteiger partial charge in [0.25, 0.3) is 0 Å². The molecule has 0 aliphatic heterocycles. The summed E-state index contributed by atoms with van der Waals surface area (Å²) >= 11 is 0. The number of benzene rings is 1. The first-order valence-corrected chi connectivity index (χ1v) is 6.84. The predicted octanol–water partition coefficient (Wildman–Crippen LogP) is 1.66. The van der Waals surface area contributed by atoms with Crippen LogP contribution in [0.15, 0.2) is 24.3 Å². The van der Waals surface area contributed by atoms with Crippen LogP contribution in [0.4, 0.5) is 0 Å². The van der Waals surface area contributed by atoms with E-state index in [0.29, 0.717) is 18.9 Å². The van der Waals surface area contributed by atoms with Crippen LogP contribution < -0.4 is 16.8 Å². The van der Waals surface area contributed by atoms with Crippen molar-refractivity contribution >= 4 is 5.91 Å². The number of nitrogens with two attached hydrogens (primary N) is 2. The fourth-order valence-electron chi connectivity index (χ4n) is 1.77. The van der Waals surface area contributed by atoms with E-state index >= 15 is 0 Å². The second kappa shape index (κ2) is 7.26. The summed E-state index contributed by atoms with van der Waals surface area (Å²) in [6, 6.07) is 7.56. The molecular formula is C15H25N3O. The molecule has 0 aromatic heterocycles. The predicted molar refractivity (Wildman–Crippen MR) is 78.7 cm³/mol. The first kappa shape index (κ1) is 15.7. The molecule has 1 rings (SSSR count). The Bertz CT molecular complexity index is 400. The van der Waals surface area contributed by atoms with Gasteiger partial charge in [-0.25, -0.2) is 0 Å². The molecule has 106 valence electrons. The van der Waals surface area contributed by atoms with Crippen LogP contribution in [0, 0.1) is 0 Å². The molecule has 0 bridgehead atoms. The molecule has 1 unspecified atom stereocenters. The first-order valence-electron chi connectivity index (χ1n) is 6.84. The summed E-state index contributed by atoms with van der Waals surface area (Å²) in [4.78, 5) is 11.6. The first-order chi connectivity index (χ1) is 8.95. The molecule has 5 N–H and O–H groups in total. The summed E-state index contributed by atoms with van der Waals surface area (Å²) in [6.45, 7) is 6.60. The maximum Gasteiger partial charge on any atom is 0.236 e. The largest absolute Gasteiger partial charge is 0.353 e. The molecule has 4 heteroatoms. The Balaban J connectivity index is 2.54. The van der Waals surface area contributed by atoms with Gasteiger partial charge in [-0.2, -0.15) is 0 Å². The number of hydrogen-bond donors (Lipinski definition) is 3. The summed E-state index contributed by atoms with van der Waals surface area (Å²) in [5.74, 6) is 0.365. The average molecular weight is 263 g/mol. The zero-order valence-corrected chi connectivity index (χ0v) is 12.0. The van der Waals surface area contributed by atoms with E-state index in [1.54, 1.807) is 0 Å². The minimum atomic E-state index is -0.449. The van der Waals surface area contributed by atoms with Crippen molar-refractivity contribution < 1.29 is 4.79 Å². The molecule has 1 aromatic rings. The third-order valence-electron chi connectivity index (χ3n) is 3.30. The Labute approximate surface area is 115 Å². The molecule has 1 aromatic carbocycles. The minimum Gasteiger partial charge on any atom is -0.353 e. The maximum absolute atomic E-state index is 11.6. The SMILES string of the molecule is CC[C@H](N)C(=O)NCC(N)c1ccc(C(C)C)cc1. The Kier molecular flexibility index (Phi) is 5.99. The van der Waals surface area contributed by atoms with E-state index in [1.165, 1.54) is 5.56 Å². The van der Waals surface area contributed by atoms with Crippen molar-refractivity contribution in [2.75, 3.05) is 6.54 Å². The second-order valence-corrected chi connectivity index (χ2v) is 5.19. The lowest BCUT2D eigenvalue weighted by molar-refractivity contribution is -0.122. The Morgan fingerprint density at radius 3 is 2.16 bits per heavy atom. The monoisotopic (exact) mass is 263 g/mol. The number of amides is 1. The smallest absolute Gasteiger partial charge is 0.236 e. The average Bonchev–Trinajstić information content (AvgIpc) is 2.43. The third kappa shape index (κ3) is 4.65. The van der Waals surface area contributed by atoms with Gasteiger partial charge in [0.2, 0.25) is 5.91 Å². The summed E-state index contributed by atoms with van der Waals surface area (Å²) in [7, 11) is 0. The molecule has 0 spiro atoms. The Morgan fingerprint density at radius 1 is 1.16 bits per heavy atom. The molecule has 0 saturated carbocycles. The van der Waals surface area contributed by atoms with Gasteiger partial charge in [0.15, 0.2) is 0 Å². The van der Waals surface area contributed by atoms with Gasteiger partial charge in [0.1, 0.15) is 0 Å². The van der Waals surface area contributed by atoms with E-state index in [9.17, 15) is 4.79 Å². The quantitative estimate of drug-likeness (QED) is 0.730. The Hall–Kier alpha value is -1.39. The summed E-state index contributed by atoms with van der Waals surface area (Å²) in [5.41, 5.74) is 14.0. The number of hydrogen-bond acceptors (Lipinski definition) is 3. The van der Waals surface area contributed by atoms with Gasteiger partial charge >= 0.3 is 0 Å². The normalized spacial score (nSPS) is 14.2. The van der Waals surface area contributed by atoms with Crippen molar-refractivity contribution in [1.82, 2.24) is 5.32 Å². The van der Waals surface area contributed by atoms with E-state index in [-0.39, 0.29) is 11.9 Å². The maximum atomic E-state index is 11.6. The molecule has 19 heavy (non-hydrogen) atoms. The highest BCUT2D eigenvalue weighted by Gasteiger charge is 2.13. The lowest BCUT2D eigenvalue weighted by Crippen LogP contribution is -2.42. The van der Waals surface area contributed by atoms with Crippen LogP contribution in [0.25, 0.3) is 0 Å². The summed E-state index contributed by atoms with van der Waals surface area (Å²) in [6.07, 6.45) is 0.629. The molecule has 0 saturated heterocycles. The summed E-state index contributed by atoms with van der Waals surface area (Å²) in [5, 5.41) is 2.78. The minimum absolute atomic E-state index is 0.142. The molecule has 0 fully saturated rings. The molecular weight excluding hydrogens is 238 g/mol. The van der Waals surface area contributed by atoms with Gasteiger partial charge in [-0.3, -0.25) is 4.79 Å². The molecule has 0 radical (unpaired) electrons. The van der Waals surface area contributed by atoms with Crippen LogP contribution in [0.2, 0.25) is 0 Å². The molecule has 4 nitrogen and oxygen atoms in total. The summed E-state index contributed by atoms with van der Waals surface area (Å²) < 4.78 is 0. The van der Waals surface area contributed by atoms with E-state index < -0.39 is 6.04 Å². The number of carbonyl (C=O) groups excluding carboxylic acids is 1. The van der Waals surface area contributed by atoms with Crippen molar-refractivity contribution in [3.8, 4) is 0 Å². The van der Waals surface area contributed by atoms with Crippen molar-refractivity contribution in [1.29, 1.82) is 0 Å². The van der Waals surface area contributed by atoms with Crippen molar-refractivity contribution in [3.63, 3.8) is 0 Å². The molecule has 2 atom stereocenters. The van der Waals surface area contributed by atoms with E-state index in [4.69, 9.17) is 11.5 Å². The fourth-order valence-corrected chi connectivity index (χ4v) is 1.77. The number of rotatable bonds is 6. The highest BCUT2D eigenvalue weighted by atomic mass is 16.2. The number of carbonyl (C=O) groups is 1. The van der Waals surface area contributed by atoms with Crippen LogP contribution in [0.1, 0.15) is 50.3 Å². The van der Waals surface area contributed by atoms with Crippen LogP contribution in [0.5, 0.6) is 0 Å². The van der Waals surface area contributed by atoms with Crippen LogP contribution in [-0.2, 0) is 4.79 Å². The standard InChI is InChI=1S/C15H25N3O/c1-4-13(16)15(19)18-9-14(17)12-7-5-11(6-8-12)10(2)3/h5-8,10,13-14H,4,9,16-17H2,1-3H3,(H,18,19)/t13-,14?/m0/s1. The van der Waals surface area contributed by atoms with Crippen molar-refractivity contribution in [2.45, 2.75) is 45.2 Å². The van der Waals surface area contributed by atoms with Gasteiger partial charge in [-0.1, -0.05) is 45.0 Å².